The van der Waals surface area contributed by atoms with E-state index < -0.39 is 5.67 Å². The molecule has 0 unspecified atom stereocenters. The second-order valence-corrected chi connectivity index (χ2v) is 4.56. The molecule has 2 fully saturated rings. The monoisotopic (exact) mass is 186 g/mol. The quantitative estimate of drug-likeness (QED) is 0.585. The van der Waals surface area contributed by atoms with Crippen molar-refractivity contribution in [3.8, 4) is 0 Å². The van der Waals surface area contributed by atoms with Gasteiger partial charge in [-0.2, -0.15) is 0 Å². The Bertz CT molecular complexity index is 249. The summed E-state index contributed by atoms with van der Waals surface area (Å²) in [6.07, 6.45) is 0.654. The minimum absolute atomic E-state index is 0.0357. The van der Waals surface area contributed by atoms with Gasteiger partial charge in [-0.3, -0.25) is 4.79 Å². The number of alkyl halides is 1. The van der Waals surface area contributed by atoms with Crippen molar-refractivity contribution in [2.24, 2.45) is 17.8 Å². The van der Waals surface area contributed by atoms with Crippen molar-refractivity contribution in [1.82, 2.24) is 0 Å². The predicted molar refractivity (Wildman–Crippen MR) is 45.8 cm³/mol. The van der Waals surface area contributed by atoms with Crippen LogP contribution in [-0.4, -0.2) is 17.7 Å². The summed E-state index contributed by atoms with van der Waals surface area (Å²) < 4.78 is 18.8. The fourth-order valence-corrected chi connectivity index (χ4v) is 3.05. The van der Waals surface area contributed by atoms with E-state index in [0.717, 1.165) is 6.42 Å². The van der Waals surface area contributed by atoms with E-state index in [9.17, 15) is 9.18 Å². The van der Waals surface area contributed by atoms with Crippen molar-refractivity contribution < 1.29 is 13.9 Å². The van der Waals surface area contributed by atoms with Crippen LogP contribution < -0.4 is 0 Å². The van der Waals surface area contributed by atoms with Crippen molar-refractivity contribution in [2.45, 2.75) is 39.0 Å². The lowest BCUT2D eigenvalue weighted by atomic mass is 10.0. The standard InChI is InChI=1S/C10H15FO2/c1-5-4-7(13-6(2)12)9-8(5)10(9,3)11/h5,7-9H,4H2,1-3H3/t5-,7+,8+,9-,10+/m0/s1. The van der Waals surface area contributed by atoms with E-state index in [2.05, 4.69) is 0 Å². The Morgan fingerprint density at radius 3 is 2.54 bits per heavy atom. The molecule has 0 bridgehead atoms. The van der Waals surface area contributed by atoms with Crippen molar-refractivity contribution in [1.29, 1.82) is 0 Å². The van der Waals surface area contributed by atoms with Crippen molar-refractivity contribution >= 4 is 5.97 Å². The minimum atomic E-state index is -1.09. The van der Waals surface area contributed by atoms with E-state index in [1.165, 1.54) is 6.92 Å². The molecule has 0 aliphatic heterocycles. The summed E-state index contributed by atoms with van der Waals surface area (Å²) in [7, 11) is 0. The van der Waals surface area contributed by atoms with Gasteiger partial charge >= 0.3 is 5.97 Å². The summed E-state index contributed by atoms with van der Waals surface area (Å²) in [6.45, 7) is 5.04. The first-order chi connectivity index (χ1) is 5.94. The zero-order valence-corrected chi connectivity index (χ0v) is 8.21. The zero-order valence-electron chi connectivity index (χ0n) is 8.21. The second kappa shape index (κ2) is 2.46. The highest BCUT2D eigenvalue weighted by atomic mass is 19.1. The third kappa shape index (κ3) is 1.17. The number of hydrogen-bond acceptors (Lipinski definition) is 2. The normalized spacial score (nSPS) is 52.9. The molecule has 2 nitrogen and oxygen atoms in total. The first kappa shape index (κ1) is 8.97. The number of fused-ring (bicyclic) bond motifs is 1. The zero-order chi connectivity index (χ0) is 9.80. The summed E-state index contributed by atoms with van der Waals surface area (Å²) in [6, 6.07) is 0. The SMILES string of the molecule is CC(=O)O[C@@H]1C[C@H](C)[C@@H]2[C@H]1[C@]2(C)F. The molecule has 0 amide bonds. The summed E-state index contributed by atoms with van der Waals surface area (Å²) in [5.74, 6) is 0.146. The Labute approximate surface area is 77.5 Å². The molecule has 3 heteroatoms. The summed E-state index contributed by atoms with van der Waals surface area (Å²) in [5.41, 5.74) is -1.09. The fourth-order valence-electron chi connectivity index (χ4n) is 3.05. The van der Waals surface area contributed by atoms with Gasteiger partial charge < -0.3 is 4.74 Å². The van der Waals surface area contributed by atoms with Gasteiger partial charge in [-0.1, -0.05) is 6.92 Å². The van der Waals surface area contributed by atoms with Crippen LogP contribution in [0.5, 0.6) is 0 Å². The Hall–Kier alpha value is -0.600. The van der Waals surface area contributed by atoms with E-state index in [1.54, 1.807) is 6.92 Å². The summed E-state index contributed by atoms with van der Waals surface area (Å²) >= 11 is 0. The Morgan fingerprint density at radius 1 is 1.54 bits per heavy atom. The molecule has 2 aliphatic rings. The molecule has 2 saturated carbocycles. The molecule has 0 spiro atoms. The van der Waals surface area contributed by atoms with Crippen molar-refractivity contribution in [3.63, 3.8) is 0 Å². The molecule has 5 atom stereocenters. The van der Waals surface area contributed by atoms with Crippen LogP contribution in [0.15, 0.2) is 0 Å². The highest BCUT2D eigenvalue weighted by Gasteiger charge is 2.72. The van der Waals surface area contributed by atoms with Crippen LogP contribution >= 0.6 is 0 Å². The van der Waals surface area contributed by atoms with Gasteiger partial charge in [-0.05, 0) is 19.3 Å². The highest BCUT2D eigenvalue weighted by molar-refractivity contribution is 5.66. The molecule has 0 aromatic carbocycles. The van der Waals surface area contributed by atoms with Gasteiger partial charge in [-0.15, -0.1) is 0 Å². The molecule has 13 heavy (non-hydrogen) atoms. The van der Waals surface area contributed by atoms with Crippen LogP contribution in [-0.2, 0) is 9.53 Å². The van der Waals surface area contributed by atoms with Gasteiger partial charge in [0, 0.05) is 18.8 Å². The molecular weight excluding hydrogens is 171 g/mol. The molecule has 0 N–H and O–H groups in total. The van der Waals surface area contributed by atoms with E-state index in [-0.39, 0.29) is 23.9 Å². The minimum Gasteiger partial charge on any atom is -0.462 e. The van der Waals surface area contributed by atoms with Crippen molar-refractivity contribution in [2.75, 3.05) is 0 Å². The molecule has 2 rings (SSSR count). The second-order valence-electron chi connectivity index (χ2n) is 4.56. The van der Waals surface area contributed by atoms with Crippen LogP contribution in [0.25, 0.3) is 0 Å². The maximum Gasteiger partial charge on any atom is 0.302 e. The maximum atomic E-state index is 13.7. The van der Waals surface area contributed by atoms with Crippen LogP contribution in [0, 0.1) is 17.8 Å². The number of hydrogen-bond donors (Lipinski definition) is 0. The molecule has 2 aliphatic carbocycles. The largest absolute Gasteiger partial charge is 0.462 e. The maximum absolute atomic E-state index is 13.7. The molecule has 0 aromatic rings. The topological polar surface area (TPSA) is 26.3 Å². The van der Waals surface area contributed by atoms with E-state index in [4.69, 9.17) is 4.74 Å². The lowest BCUT2D eigenvalue weighted by Gasteiger charge is -2.18. The average Bonchev–Trinajstić information content (AvgIpc) is 2.31. The first-order valence-electron chi connectivity index (χ1n) is 4.80. The molecule has 74 valence electrons. The van der Waals surface area contributed by atoms with Crippen LogP contribution in [0.1, 0.15) is 27.2 Å². The number of halogens is 1. The molecule has 0 radical (unpaired) electrons. The number of carbonyl (C=O) groups is 1. The Balaban J connectivity index is 2.05. The molecule has 0 saturated heterocycles. The highest BCUT2D eigenvalue weighted by Crippen LogP contribution is 2.65. The number of ether oxygens (including phenoxy) is 1. The van der Waals surface area contributed by atoms with Gasteiger partial charge in [0.15, 0.2) is 0 Å². The summed E-state index contributed by atoms with van der Waals surface area (Å²) in [4.78, 5) is 10.7. The Kier molecular flexibility index (Phi) is 1.70. The van der Waals surface area contributed by atoms with Gasteiger partial charge in [0.25, 0.3) is 0 Å². The average molecular weight is 186 g/mol. The van der Waals surface area contributed by atoms with Gasteiger partial charge in [0.05, 0.1) is 0 Å². The third-order valence-corrected chi connectivity index (χ3v) is 3.52. The van der Waals surface area contributed by atoms with Crippen LogP contribution in [0.3, 0.4) is 0 Å². The lowest BCUT2D eigenvalue weighted by Crippen LogP contribution is -2.23. The first-order valence-corrected chi connectivity index (χ1v) is 4.80. The van der Waals surface area contributed by atoms with E-state index in [1.807, 2.05) is 6.92 Å². The Morgan fingerprint density at radius 2 is 2.15 bits per heavy atom. The smallest absolute Gasteiger partial charge is 0.302 e. The van der Waals surface area contributed by atoms with Gasteiger partial charge in [-0.25, -0.2) is 4.39 Å². The van der Waals surface area contributed by atoms with Crippen LogP contribution in [0.2, 0.25) is 0 Å². The van der Waals surface area contributed by atoms with Gasteiger partial charge in [0.1, 0.15) is 11.8 Å². The number of rotatable bonds is 1. The predicted octanol–water partition coefficient (Wildman–Crippen LogP) is 1.93. The fraction of sp³-hybridized carbons (Fsp3) is 0.900. The van der Waals surface area contributed by atoms with Gasteiger partial charge in [0.2, 0.25) is 0 Å². The third-order valence-electron chi connectivity index (χ3n) is 3.52. The lowest BCUT2D eigenvalue weighted by molar-refractivity contribution is -0.147. The molecular formula is C10H15FO2. The number of carbonyl (C=O) groups excluding carboxylic acids is 1. The van der Waals surface area contributed by atoms with Crippen molar-refractivity contribution in [3.05, 3.63) is 0 Å². The van der Waals surface area contributed by atoms with E-state index >= 15 is 0 Å². The summed E-state index contributed by atoms with van der Waals surface area (Å²) in [5, 5.41) is 0. The molecule has 0 aromatic heterocycles. The number of esters is 1. The molecule has 0 heterocycles. The van der Waals surface area contributed by atoms with E-state index in [0.29, 0.717) is 5.92 Å². The van der Waals surface area contributed by atoms with Crippen LogP contribution in [0.4, 0.5) is 4.39 Å².